The number of methoxy groups -OCH3 is 1. The number of pyridine rings is 1. The zero-order valence-corrected chi connectivity index (χ0v) is 9.22. The molecule has 0 bridgehead atoms. The first-order chi connectivity index (χ1) is 6.88. The summed E-state index contributed by atoms with van der Waals surface area (Å²) in [7, 11) is 1.65. The van der Waals surface area contributed by atoms with Crippen molar-refractivity contribution in [2.24, 2.45) is 5.73 Å². The van der Waals surface area contributed by atoms with Crippen molar-refractivity contribution in [1.82, 2.24) is 4.98 Å². The van der Waals surface area contributed by atoms with E-state index in [2.05, 4.69) is 4.98 Å². The first-order valence-electron chi connectivity index (χ1n) is 4.64. The number of ether oxygens (including phenoxy) is 1. The zero-order chi connectivity index (χ0) is 10.2. The molecule has 0 unspecified atom stereocenters. The highest BCUT2D eigenvalue weighted by Gasteiger charge is 2.02. The Labute approximate surface area is 89.1 Å². The molecule has 1 aromatic heterocycles. The SMILES string of the molecule is COc1ncccc1CSCCCN. The summed E-state index contributed by atoms with van der Waals surface area (Å²) in [5.74, 6) is 2.76. The Morgan fingerprint density at radius 2 is 2.43 bits per heavy atom. The van der Waals surface area contributed by atoms with Gasteiger partial charge in [-0.05, 0) is 24.8 Å². The Bertz CT molecular complexity index is 268. The second kappa shape index (κ2) is 6.68. The molecule has 0 fully saturated rings. The van der Waals surface area contributed by atoms with Gasteiger partial charge in [-0.25, -0.2) is 4.98 Å². The Hall–Kier alpha value is -0.740. The maximum Gasteiger partial charge on any atom is 0.217 e. The van der Waals surface area contributed by atoms with Crippen LogP contribution in [0.1, 0.15) is 12.0 Å². The Morgan fingerprint density at radius 3 is 3.14 bits per heavy atom. The van der Waals surface area contributed by atoms with Crippen molar-refractivity contribution in [1.29, 1.82) is 0 Å². The molecule has 0 radical (unpaired) electrons. The van der Waals surface area contributed by atoms with Gasteiger partial charge in [-0.1, -0.05) is 6.07 Å². The molecule has 1 rings (SSSR count). The third kappa shape index (κ3) is 3.55. The quantitative estimate of drug-likeness (QED) is 0.729. The van der Waals surface area contributed by atoms with E-state index in [-0.39, 0.29) is 0 Å². The van der Waals surface area contributed by atoms with Crippen LogP contribution >= 0.6 is 11.8 Å². The molecule has 78 valence electrons. The van der Waals surface area contributed by atoms with Gasteiger partial charge in [-0.3, -0.25) is 0 Å². The van der Waals surface area contributed by atoms with E-state index in [0.29, 0.717) is 0 Å². The molecule has 0 atom stereocenters. The van der Waals surface area contributed by atoms with E-state index in [1.807, 2.05) is 23.9 Å². The monoisotopic (exact) mass is 212 g/mol. The van der Waals surface area contributed by atoms with Gasteiger partial charge in [0.2, 0.25) is 5.88 Å². The highest BCUT2D eigenvalue weighted by atomic mass is 32.2. The first kappa shape index (κ1) is 11.3. The van der Waals surface area contributed by atoms with Gasteiger partial charge in [0.05, 0.1) is 7.11 Å². The lowest BCUT2D eigenvalue weighted by Crippen LogP contribution is -2.00. The molecule has 0 amide bonds. The van der Waals surface area contributed by atoms with Gasteiger partial charge in [0.1, 0.15) is 0 Å². The van der Waals surface area contributed by atoms with Crippen LogP contribution in [0.3, 0.4) is 0 Å². The van der Waals surface area contributed by atoms with Crippen LogP contribution in [0.4, 0.5) is 0 Å². The molecule has 0 saturated carbocycles. The average Bonchev–Trinajstić information content (AvgIpc) is 2.25. The highest BCUT2D eigenvalue weighted by molar-refractivity contribution is 7.98. The van der Waals surface area contributed by atoms with Crippen LogP contribution in [0.2, 0.25) is 0 Å². The molecule has 1 heterocycles. The molecule has 0 saturated heterocycles. The minimum Gasteiger partial charge on any atom is -0.481 e. The maximum atomic E-state index is 5.41. The summed E-state index contributed by atoms with van der Waals surface area (Å²) in [6.07, 6.45) is 2.81. The van der Waals surface area contributed by atoms with Gasteiger partial charge >= 0.3 is 0 Å². The number of nitrogens with two attached hydrogens (primary N) is 1. The normalized spacial score (nSPS) is 10.1. The lowest BCUT2D eigenvalue weighted by atomic mass is 10.3. The van der Waals surface area contributed by atoms with Gasteiger partial charge < -0.3 is 10.5 Å². The van der Waals surface area contributed by atoms with Gasteiger partial charge in [0.25, 0.3) is 0 Å². The van der Waals surface area contributed by atoms with E-state index in [1.165, 1.54) is 0 Å². The van der Waals surface area contributed by atoms with E-state index in [9.17, 15) is 0 Å². The minimum atomic E-state index is 0.729. The molecule has 0 aromatic carbocycles. The van der Waals surface area contributed by atoms with Crippen LogP contribution in [0.5, 0.6) is 5.88 Å². The molecule has 0 aliphatic rings. The van der Waals surface area contributed by atoms with Gasteiger partial charge in [-0.15, -0.1) is 0 Å². The molecular formula is C10H16N2OS. The fourth-order valence-corrected chi connectivity index (χ4v) is 2.04. The number of hydrogen-bond acceptors (Lipinski definition) is 4. The molecule has 1 aromatic rings. The topological polar surface area (TPSA) is 48.1 Å². The average molecular weight is 212 g/mol. The lowest BCUT2D eigenvalue weighted by molar-refractivity contribution is 0.394. The zero-order valence-electron chi connectivity index (χ0n) is 8.40. The molecule has 0 aliphatic carbocycles. The van der Waals surface area contributed by atoms with E-state index >= 15 is 0 Å². The number of aromatic nitrogens is 1. The molecule has 2 N–H and O–H groups in total. The number of hydrogen-bond donors (Lipinski definition) is 1. The minimum absolute atomic E-state index is 0.729. The van der Waals surface area contributed by atoms with Crippen molar-refractivity contribution < 1.29 is 4.74 Å². The summed E-state index contributed by atoms with van der Waals surface area (Å²) in [5, 5.41) is 0. The van der Waals surface area contributed by atoms with Crippen molar-refractivity contribution in [2.45, 2.75) is 12.2 Å². The predicted octanol–water partition coefficient (Wildman–Crippen LogP) is 1.67. The second-order valence-corrected chi connectivity index (χ2v) is 3.97. The van der Waals surface area contributed by atoms with Crippen LogP contribution in [-0.4, -0.2) is 24.4 Å². The van der Waals surface area contributed by atoms with Crippen molar-refractivity contribution in [3.8, 4) is 5.88 Å². The van der Waals surface area contributed by atoms with Gasteiger partial charge in [0, 0.05) is 17.5 Å². The summed E-state index contributed by atoms with van der Waals surface area (Å²) in [6.45, 7) is 0.761. The Kier molecular flexibility index (Phi) is 5.40. The van der Waals surface area contributed by atoms with Crippen molar-refractivity contribution in [3.05, 3.63) is 23.9 Å². The Morgan fingerprint density at radius 1 is 1.57 bits per heavy atom. The third-order valence-corrected chi connectivity index (χ3v) is 2.89. The third-order valence-electron chi connectivity index (χ3n) is 1.79. The highest BCUT2D eigenvalue weighted by Crippen LogP contribution is 2.20. The Balaban J connectivity index is 2.41. The van der Waals surface area contributed by atoms with E-state index in [0.717, 1.165) is 35.9 Å². The van der Waals surface area contributed by atoms with Gasteiger partial charge in [0.15, 0.2) is 0 Å². The van der Waals surface area contributed by atoms with Crippen molar-refractivity contribution in [3.63, 3.8) is 0 Å². The largest absolute Gasteiger partial charge is 0.481 e. The lowest BCUT2D eigenvalue weighted by Gasteiger charge is -2.05. The second-order valence-electron chi connectivity index (χ2n) is 2.87. The molecule has 0 aliphatic heterocycles. The smallest absolute Gasteiger partial charge is 0.217 e. The summed E-state index contributed by atoms with van der Waals surface area (Å²) in [4.78, 5) is 4.14. The maximum absolute atomic E-state index is 5.41. The fourth-order valence-electron chi connectivity index (χ4n) is 1.09. The van der Waals surface area contributed by atoms with Crippen molar-refractivity contribution in [2.75, 3.05) is 19.4 Å². The van der Waals surface area contributed by atoms with Crippen LogP contribution in [0.25, 0.3) is 0 Å². The van der Waals surface area contributed by atoms with E-state index in [4.69, 9.17) is 10.5 Å². The molecular weight excluding hydrogens is 196 g/mol. The van der Waals surface area contributed by atoms with Crippen molar-refractivity contribution >= 4 is 11.8 Å². The number of thioether (sulfide) groups is 1. The van der Waals surface area contributed by atoms with Crippen LogP contribution in [-0.2, 0) is 5.75 Å². The summed E-state index contributed by atoms with van der Waals surface area (Å²) < 4.78 is 5.15. The molecule has 3 nitrogen and oxygen atoms in total. The number of nitrogens with zero attached hydrogens (tertiary/aromatic N) is 1. The molecule has 0 spiro atoms. The summed E-state index contributed by atoms with van der Waals surface area (Å²) in [6, 6.07) is 3.97. The summed E-state index contributed by atoms with van der Waals surface area (Å²) in [5.41, 5.74) is 6.56. The molecule has 4 heteroatoms. The standard InChI is InChI=1S/C10H16N2OS/c1-13-10-9(4-2-6-12-10)8-14-7-3-5-11/h2,4,6H,3,5,7-8,11H2,1H3. The predicted molar refractivity (Wildman–Crippen MR) is 60.6 cm³/mol. The fraction of sp³-hybridized carbons (Fsp3) is 0.500. The van der Waals surface area contributed by atoms with Crippen LogP contribution < -0.4 is 10.5 Å². The molecule has 14 heavy (non-hydrogen) atoms. The van der Waals surface area contributed by atoms with Crippen LogP contribution in [0, 0.1) is 0 Å². The van der Waals surface area contributed by atoms with Crippen LogP contribution in [0.15, 0.2) is 18.3 Å². The van der Waals surface area contributed by atoms with Gasteiger partial charge in [-0.2, -0.15) is 11.8 Å². The first-order valence-corrected chi connectivity index (χ1v) is 5.79. The van der Waals surface area contributed by atoms with E-state index in [1.54, 1.807) is 13.3 Å². The summed E-state index contributed by atoms with van der Waals surface area (Å²) >= 11 is 1.86. The number of rotatable bonds is 6. The van der Waals surface area contributed by atoms with E-state index < -0.39 is 0 Å².